The van der Waals surface area contributed by atoms with Crippen LogP contribution in [0.3, 0.4) is 0 Å². The Hall–Kier alpha value is -2.57. The van der Waals surface area contributed by atoms with E-state index in [-0.39, 0.29) is 30.2 Å². The number of nitrogens with zero attached hydrogens (tertiary/aromatic N) is 1. The number of carboxylic acids is 1. The van der Waals surface area contributed by atoms with Crippen molar-refractivity contribution in [3.63, 3.8) is 0 Å². The lowest BCUT2D eigenvalue weighted by Gasteiger charge is -2.26. The Morgan fingerprint density at radius 3 is 2.74 bits per heavy atom. The van der Waals surface area contributed by atoms with Crippen LogP contribution in [0.4, 0.5) is 10.5 Å². The number of ether oxygens (including phenoxy) is 1. The van der Waals surface area contributed by atoms with Gasteiger partial charge in [-0.3, -0.25) is 15.0 Å². The van der Waals surface area contributed by atoms with Gasteiger partial charge in [0.1, 0.15) is 11.3 Å². The van der Waals surface area contributed by atoms with Gasteiger partial charge in [0, 0.05) is 18.7 Å². The van der Waals surface area contributed by atoms with Gasteiger partial charge in [0.05, 0.1) is 7.11 Å². The molecule has 7 nitrogen and oxygen atoms in total. The number of nitrogens with one attached hydrogen (secondary N) is 1. The van der Waals surface area contributed by atoms with Crippen molar-refractivity contribution in [3.05, 3.63) is 23.8 Å². The number of rotatable bonds is 3. The second-order valence-electron chi connectivity index (χ2n) is 3.94. The molecule has 1 aliphatic heterocycles. The first-order valence-electron chi connectivity index (χ1n) is 5.55. The fourth-order valence-corrected chi connectivity index (χ4v) is 1.84. The molecule has 0 saturated carbocycles. The van der Waals surface area contributed by atoms with E-state index in [0.717, 1.165) is 0 Å². The van der Waals surface area contributed by atoms with Crippen molar-refractivity contribution < 1.29 is 24.2 Å². The molecule has 2 rings (SSSR count). The normalized spacial score (nSPS) is 15.1. The Bertz CT molecular complexity index is 555. The van der Waals surface area contributed by atoms with Gasteiger partial charge in [0.25, 0.3) is 0 Å². The summed E-state index contributed by atoms with van der Waals surface area (Å²) in [5.74, 6) is -1.27. The average molecular weight is 264 g/mol. The van der Waals surface area contributed by atoms with Gasteiger partial charge in [0.15, 0.2) is 0 Å². The van der Waals surface area contributed by atoms with Crippen molar-refractivity contribution in [1.82, 2.24) is 5.32 Å². The van der Waals surface area contributed by atoms with E-state index in [9.17, 15) is 14.4 Å². The van der Waals surface area contributed by atoms with Gasteiger partial charge < -0.3 is 9.84 Å². The first-order chi connectivity index (χ1) is 9.02. The lowest BCUT2D eigenvalue weighted by Crippen LogP contribution is -2.49. The second-order valence-corrected chi connectivity index (χ2v) is 3.94. The van der Waals surface area contributed by atoms with Crippen molar-refractivity contribution in [2.75, 3.05) is 18.6 Å². The molecule has 100 valence electrons. The summed E-state index contributed by atoms with van der Waals surface area (Å²) < 4.78 is 4.94. The number of carboxylic acid groups (broad SMARTS) is 1. The van der Waals surface area contributed by atoms with Crippen LogP contribution in [0.15, 0.2) is 18.2 Å². The van der Waals surface area contributed by atoms with Crippen molar-refractivity contribution in [1.29, 1.82) is 0 Å². The molecular weight excluding hydrogens is 252 g/mol. The molecule has 1 aromatic rings. The van der Waals surface area contributed by atoms with Crippen LogP contribution in [0.5, 0.6) is 5.75 Å². The largest absolute Gasteiger partial charge is 0.496 e. The molecule has 2 N–H and O–H groups in total. The van der Waals surface area contributed by atoms with E-state index in [4.69, 9.17) is 9.84 Å². The summed E-state index contributed by atoms with van der Waals surface area (Å²) >= 11 is 0. The number of urea groups is 1. The molecule has 0 aromatic heterocycles. The number of carbonyl (C=O) groups excluding carboxylic acids is 2. The number of benzene rings is 1. The molecular formula is C12H12N2O5. The first kappa shape index (κ1) is 12.9. The molecule has 0 bridgehead atoms. The van der Waals surface area contributed by atoms with Gasteiger partial charge in [-0.1, -0.05) is 0 Å². The number of methoxy groups -OCH3 is 1. The van der Waals surface area contributed by atoms with Crippen molar-refractivity contribution >= 4 is 23.6 Å². The summed E-state index contributed by atoms with van der Waals surface area (Å²) in [6, 6.07) is 3.83. The number of anilines is 1. The fourth-order valence-electron chi connectivity index (χ4n) is 1.84. The number of aromatic carboxylic acids is 1. The summed E-state index contributed by atoms with van der Waals surface area (Å²) in [7, 11) is 1.37. The molecule has 0 aliphatic carbocycles. The van der Waals surface area contributed by atoms with Gasteiger partial charge in [-0.2, -0.15) is 0 Å². The lowest BCUT2D eigenvalue weighted by molar-refractivity contribution is -0.120. The van der Waals surface area contributed by atoms with Crippen LogP contribution in [0, 0.1) is 0 Å². The molecule has 0 unspecified atom stereocenters. The molecule has 1 aliphatic rings. The van der Waals surface area contributed by atoms with E-state index >= 15 is 0 Å². The van der Waals surface area contributed by atoms with Gasteiger partial charge in [-0.15, -0.1) is 0 Å². The van der Waals surface area contributed by atoms with Crippen LogP contribution in [0.25, 0.3) is 0 Å². The number of imide groups is 1. The third-order valence-corrected chi connectivity index (χ3v) is 2.78. The fraction of sp³-hybridized carbons (Fsp3) is 0.250. The monoisotopic (exact) mass is 264 g/mol. The number of hydrogen-bond acceptors (Lipinski definition) is 4. The van der Waals surface area contributed by atoms with E-state index in [1.807, 2.05) is 0 Å². The van der Waals surface area contributed by atoms with Crippen molar-refractivity contribution in [2.45, 2.75) is 6.42 Å². The predicted octanol–water partition coefficient (Wildman–Crippen LogP) is 0.840. The summed E-state index contributed by atoms with van der Waals surface area (Å²) in [6.07, 6.45) is 0.181. The summed E-state index contributed by atoms with van der Waals surface area (Å²) in [5, 5.41) is 11.2. The summed E-state index contributed by atoms with van der Waals surface area (Å²) in [5.41, 5.74) is 0.368. The highest BCUT2D eigenvalue weighted by Gasteiger charge is 2.25. The van der Waals surface area contributed by atoms with Crippen LogP contribution in [0.1, 0.15) is 16.8 Å². The molecule has 0 spiro atoms. The molecule has 3 amide bonds. The molecule has 1 saturated heterocycles. The SMILES string of the molecule is COc1ccc(N2CCC(=O)NC2=O)cc1C(=O)O. The summed E-state index contributed by atoms with van der Waals surface area (Å²) in [4.78, 5) is 35.1. The third kappa shape index (κ3) is 2.49. The maximum Gasteiger partial charge on any atom is 0.339 e. The van der Waals surface area contributed by atoms with Crippen LogP contribution in [-0.2, 0) is 4.79 Å². The van der Waals surface area contributed by atoms with Crippen LogP contribution < -0.4 is 15.0 Å². The second kappa shape index (κ2) is 4.97. The van der Waals surface area contributed by atoms with Crippen molar-refractivity contribution in [3.8, 4) is 5.75 Å². The number of hydrogen-bond donors (Lipinski definition) is 2. The molecule has 1 fully saturated rings. The van der Waals surface area contributed by atoms with Crippen LogP contribution in [-0.4, -0.2) is 36.7 Å². The van der Waals surface area contributed by atoms with E-state index < -0.39 is 12.0 Å². The highest BCUT2D eigenvalue weighted by atomic mass is 16.5. The molecule has 19 heavy (non-hydrogen) atoms. The first-order valence-corrected chi connectivity index (χ1v) is 5.55. The maximum absolute atomic E-state index is 11.7. The highest BCUT2D eigenvalue weighted by Crippen LogP contribution is 2.26. The average Bonchev–Trinajstić information content (AvgIpc) is 2.38. The molecule has 7 heteroatoms. The topological polar surface area (TPSA) is 95.9 Å². The zero-order valence-electron chi connectivity index (χ0n) is 10.2. The minimum atomic E-state index is -1.15. The molecule has 1 heterocycles. The Kier molecular flexibility index (Phi) is 3.37. The highest BCUT2D eigenvalue weighted by molar-refractivity contribution is 6.06. The van der Waals surface area contributed by atoms with Crippen LogP contribution in [0.2, 0.25) is 0 Å². The maximum atomic E-state index is 11.7. The Balaban J connectivity index is 2.35. The Labute approximate surface area is 108 Å². The molecule has 0 atom stereocenters. The summed E-state index contributed by atoms with van der Waals surface area (Å²) in [6.45, 7) is 0.218. The van der Waals surface area contributed by atoms with Gasteiger partial charge in [0.2, 0.25) is 5.91 Å². The molecule has 0 radical (unpaired) electrons. The quantitative estimate of drug-likeness (QED) is 0.843. The zero-order chi connectivity index (χ0) is 14.0. The Morgan fingerprint density at radius 1 is 1.42 bits per heavy atom. The van der Waals surface area contributed by atoms with Crippen molar-refractivity contribution in [2.24, 2.45) is 0 Å². The Morgan fingerprint density at radius 2 is 2.16 bits per heavy atom. The van der Waals surface area contributed by atoms with Gasteiger partial charge in [-0.25, -0.2) is 9.59 Å². The van der Waals surface area contributed by atoms with Gasteiger partial charge in [-0.05, 0) is 18.2 Å². The minimum absolute atomic E-state index is 0.0373. The van der Waals surface area contributed by atoms with E-state index in [1.165, 1.54) is 24.1 Å². The number of carbonyl (C=O) groups is 3. The van der Waals surface area contributed by atoms with E-state index in [2.05, 4.69) is 5.32 Å². The lowest BCUT2D eigenvalue weighted by atomic mass is 10.1. The minimum Gasteiger partial charge on any atom is -0.496 e. The van der Waals surface area contributed by atoms with E-state index in [1.54, 1.807) is 6.07 Å². The third-order valence-electron chi connectivity index (χ3n) is 2.78. The van der Waals surface area contributed by atoms with Crippen LogP contribution >= 0.6 is 0 Å². The molecule has 1 aromatic carbocycles. The number of amides is 3. The smallest absolute Gasteiger partial charge is 0.339 e. The van der Waals surface area contributed by atoms with E-state index in [0.29, 0.717) is 5.69 Å². The zero-order valence-corrected chi connectivity index (χ0v) is 10.2. The van der Waals surface area contributed by atoms with Gasteiger partial charge >= 0.3 is 12.0 Å². The standard InChI is InChI=1S/C12H12N2O5/c1-19-9-3-2-7(6-8(9)11(16)17)14-5-4-10(15)13-12(14)18/h2-3,6H,4-5H2,1H3,(H,16,17)(H,13,15,18). The predicted molar refractivity (Wildman–Crippen MR) is 65.5 cm³/mol.